The lowest BCUT2D eigenvalue weighted by atomic mass is 10.2. The molecule has 0 radical (unpaired) electrons. The van der Waals surface area contributed by atoms with Crippen molar-refractivity contribution < 1.29 is 17.7 Å². The maximum atomic E-state index is 12.5. The first-order valence-electron chi connectivity index (χ1n) is 7.11. The average molecular weight is 342 g/mol. The van der Waals surface area contributed by atoms with E-state index in [1.165, 1.54) is 11.3 Å². The van der Waals surface area contributed by atoms with Crippen LogP contribution in [0.2, 0.25) is 0 Å². The molecule has 0 aliphatic carbocycles. The Bertz CT molecular complexity index is 758. The first-order valence-corrected chi connectivity index (χ1v) is 9.41. The smallest absolute Gasteiger partial charge is 0.241 e. The summed E-state index contributed by atoms with van der Waals surface area (Å²) < 4.78 is 38.2. The molecule has 0 aromatic carbocycles. The van der Waals surface area contributed by atoms with Crippen molar-refractivity contribution in [2.24, 2.45) is 0 Å². The van der Waals surface area contributed by atoms with Gasteiger partial charge in [-0.25, -0.2) is 13.1 Å². The second kappa shape index (κ2) is 6.11. The minimum atomic E-state index is -3.54. The monoisotopic (exact) mass is 342 g/mol. The molecule has 1 aliphatic rings. The molecule has 1 N–H and O–H groups in total. The highest BCUT2D eigenvalue weighted by atomic mass is 32.2. The molecule has 8 heteroatoms. The van der Waals surface area contributed by atoms with Crippen LogP contribution in [0.3, 0.4) is 0 Å². The molecule has 3 rings (SSSR count). The van der Waals surface area contributed by atoms with Gasteiger partial charge >= 0.3 is 0 Å². The summed E-state index contributed by atoms with van der Waals surface area (Å²) in [4.78, 5) is 1.78. The zero-order valence-corrected chi connectivity index (χ0v) is 14.1. The summed E-state index contributed by atoms with van der Waals surface area (Å²) in [6.45, 7) is 4.64. The molecular formula is C14H18N2O4S2. The molecule has 2 aromatic heterocycles. The number of ether oxygens (including phenoxy) is 1. The van der Waals surface area contributed by atoms with E-state index >= 15 is 0 Å². The molecule has 0 amide bonds. The molecule has 0 bridgehead atoms. The van der Waals surface area contributed by atoms with Gasteiger partial charge in [-0.1, -0.05) is 5.16 Å². The van der Waals surface area contributed by atoms with Gasteiger partial charge in [0.05, 0.1) is 21.6 Å². The highest BCUT2D eigenvalue weighted by Gasteiger charge is 2.24. The molecule has 1 fully saturated rings. The molecule has 22 heavy (non-hydrogen) atoms. The van der Waals surface area contributed by atoms with Crippen molar-refractivity contribution in [3.8, 4) is 10.6 Å². The minimum Gasteiger partial charge on any atom is -0.377 e. The Morgan fingerprint density at radius 1 is 1.41 bits per heavy atom. The van der Waals surface area contributed by atoms with Crippen LogP contribution in [0.4, 0.5) is 0 Å². The standard InChI is InChI=1S/C14H18N2O4S2/c1-9-6-12(20-16-9)13-7-14(10(2)21-13)22(17,18)15-8-11-4-3-5-19-11/h6-7,11,15H,3-5,8H2,1-2H3. The molecule has 6 nitrogen and oxygen atoms in total. The number of sulfonamides is 1. The maximum Gasteiger partial charge on any atom is 0.241 e. The summed E-state index contributed by atoms with van der Waals surface area (Å²) in [5, 5.41) is 3.83. The molecule has 0 spiro atoms. The van der Waals surface area contributed by atoms with E-state index in [0.717, 1.165) is 28.3 Å². The van der Waals surface area contributed by atoms with E-state index in [2.05, 4.69) is 9.88 Å². The number of nitrogens with one attached hydrogen (secondary N) is 1. The Kier molecular flexibility index (Phi) is 4.35. The quantitative estimate of drug-likeness (QED) is 0.903. The third-order valence-electron chi connectivity index (χ3n) is 3.56. The van der Waals surface area contributed by atoms with E-state index in [4.69, 9.17) is 9.26 Å². The molecule has 1 atom stereocenters. The van der Waals surface area contributed by atoms with Gasteiger partial charge < -0.3 is 9.26 Å². The van der Waals surface area contributed by atoms with Crippen LogP contribution < -0.4 is 4.72 Å². The van der Waals surface area contributed by atoms with Crippen molar-refractivity contribution in [1.29, 1.82) is 0 Å². The zero-order valence-electron chi connectivity index (χ0n) is 12.5. The Balaban J connectivity index is 1.79. The van der Waals surface area contributed by atoms with Crippen LogP contribution in [0.1, 0.15) is 23.4 Å². The van der Waals surface area contributed by atoms with E-state index in [1.54, 1.807) is 19.1 Å². The molecule has 1 unspecified atom stereocenters. The lowest BCUT2D eigenvalue weighted by Crippen LogP contribution is -2.31. The van der Waals surface area contributed by atoms with E-state index in [1.807, 2.05) is 6.92 Å². The first kappa shape index (κ1) is 15.7. The summed E-state index contributed by atoms with van der Waals surface area (Å²) in [5.74, 6) is 0.589. The second-order valence-corrected chi connectivity index (χ2v) is 8.34. The summed E-state index contributed by atoms with van der Waals surface area (Å²) in [6.07, 6.45) is 1.86. The first-order chi connectivity index (χ1) is 10.5. The number of hydrogen-bond acceptors (Lipinski definition) is 6. The molecule has 3 heterocycles. The van der Waals surface area contributed by atoms with E-state index < -0.39 is 10.0 Å². The third-order valence-corrected chi connectivity index (χ3v) is 6.30. The van der Waals surface area contributed by atoms with Crippen molar-refractivity contribution in [2.45, 2.75) is 37.7 Å². The number of hydrogen-bond donors (Lipinski definition) is 1. The fourth-order valence-corrected chi connectivity index (χ4v) is 5.02. The summed E-state index contributed by atoms with van der Waals surface area (Å²) in [7, 11) is -3.54. The molecule has 1 saturated heterocycles. The van der Waals surface area contributed by atoms with Gasteiger partial charge in [-0.2, -0.15) is 0 Å². The highest BCUT2D eigenvalue weighted by molar-refractivity contribution is 7.89. The second-order valence-electron chi connectivity index (χ2n) is 5.35. The van der Waals surface area contributed by atoms with Crippen LogP contribution in [-0.2, 0) is 14.8 Å². The Morgan fingerprint density at radius 2 is 2.23 bits per heavy atom. The molecule has 120 valence electrons. The van der Waals surface area contributed by atoms with Crippen molar-refractivity contribution in [1.82, 2.24) is 9.88 Å². The van der Waals surface area contributed by atoms with E-state index in [9.17, 15) is 8.42 Å². The van der Waals surface area contributed by atoms with E-state index in [0.29, 0.717) is 23.8 Å². The van der Waals surface area contributed by atoms with Gasteiger partial charge in [0.15, 0.2) is 5.76 Å². The highest BCUT2D eigenvalue weighted by Crippen LogP contribution is 2.33. The largest absolute Gasteiger partial charge is 0.377 e. The van der Waals surface area contributed by atoms with Crippen molar-refractivity contribution in [3.63, 3.8) is 0 Å². The predicted molar refractivity (Wildman–Crippen MR) is 83.5 cm³/mol. The van der Waals surface area contributed by atoms with E-state index in [-0.39, 0.29) is 6.10 Å². The van der Waals surface area contributed by atoms with Crippen LogP contribution in [0, 0.1) is 13.8 Å². The lowest BCUT2D eigenvalue weighted by Gasteiger charge is -2.11. The number of nitrogens with zero attached hydrogens (tertiary/aromatic N) is 1. The maximum absolute atomic E-state index is 12.5. The van der Waals surface area contributed by atoms with Gasteiger partial charge in [-0.05, 0) is 32.8 Å². The van der Waals surface area contributed by atoms with Crippen molar-refractivity contribution in [3.05, 3.63) is 22.7 Å². The van der Waals surface area contributed by atoms with Crippen molar-refractivity contribution in [2.75, 3.05) is 13.2 Å². The Morgan fingerprint density at radius 3 is 2.86 bits per heavy atom. The van der Waals surface area contributed by atoms with Gasteiger partial charge in [-0.3, -0.25) is 0 Å². The molecule has 1 aliphatic heterocycles. The van der Waals surface area contributed by atoms with Gasteiger partial charge in [0, 0.05) is 24.1 Å². The topological polar surface area (TPSA) is 81.4 Å². The normalized spacial score (nSPS) is 18.9. The molecule has 0 saturated carbocycles. The van der Waals surface area contributed by atoms with Gasteiger partial charge in [0.2, 0.25) is 10.0 Å². The summed E-state index contributed by atoms with van der Waals surface area (Å²) >= 11 is 1.38. The zero-order chi connectivity index (χ0) is 15.7. The SMILES string of the molecule is Cc1cc(-c2cc(S(=O)(=O)NCC3CCCO3)c(C)s2)on1. The number of aryl methyl sites for hydroxylation is 2. The van der Waals surface area contributed by atoms with Crippen molar-refractivity contribution >= 4 is 21.4 Å². The fourth-order valence-electron chi connectivity index (χ4n) is 2.42. The number of aromatic nitrogens is 1. The fraction of sp³-hybridized carbons (Fsp3) is 0.500. The van der Waals surface area contributed by atoms with Gasteiger partial charge in [0.1, 0.15) is 0 Å². The number of rotatable bonds is 5. The van der Waals surface area contributed by atoms with Crippen LogP contribution >= 0.6 is 11.3 Å². The lowest BCUT2D eigenvalue weighted by molar-refractivity contribution is 0.114. The average Bonchev–Trinajstić information content (AvgIpc) is 3.17. The molecular weight excluding hydrogens is 324 g/mol. The molecule has 2 aromatic rings. The van der Waals surface area contributed by atoms with Gasteiger partial charge in [-0.15, -0.1) is 11.3 Å². The minimum absolute atomic E-state index is 0.0230. The third kappa shape index (κ3) is 3.24. The predicted octanol–water partition coefficient (Wildman–Crippen LogP) is 2.48. The Hall–Kier alpha value is -1.22. The van der Waals surface area contributed by atoms with Gasteiger partial charge in [0.25, 0.3) is 0 Å². The van der Waals surface area contributed by atoms with Crippen LogP contribution in [0.15, 0.2) is 21.6 Å². The van der Waals surface area contributed by atoms with Crippen LogP contribution in [0.25, 0.3) is 10.6 Å². The van der Waals surface area contributed by atoms with Crippen LogP contribution in [0.5, 0.6) is 0 Å². The van der Waals surface area contributed by atoms with Crippen LogP contribution in [-0.4, -0.2) is 32.8 Å². The Labute approximate surface area is 133 Å². The summed E-state index contributed by atoms with van der Waals surface area (Å²) in [5.41, 5.74) is 0.766. The summed E-state index contributed by atoms with van der Waals surface area (Å²) in [6, 6.07) is 3.43. The number of thiophene rings is 1.